The van der Waals surface area contributed by atoms with Crippen LogP contribution in [0.3, 0.4) is 0 Å². The molecule has 0 radical (unpaired) electrons. The average Bonchev–Trinajstić information content (AvgIpc) is 2.61. The van der Waals surface area contributed by atoms with Gasteiger partial charge in [0.05, 0.1) is 0 Å². The Labute approximate surface area is 142 Å². The molecule has 2 saturated heterocycles. The third-order valence-corrected chi connectivity index (χ3v) is 6.81. The van der Waals surface area contributed by atoms with Crippen LogP contribution in [0.2, 0.25) is 0 Å². The fraction of sp³-hybridized carbons (Fsp3) is 0.381. The zero-order chi connectivity index (χ0) is 15.6. The molecule has 2 heterocycles. The highest BCUT2D eigenvalue weighted by Gasteiger charge is 2.36. The van der Waals surface area contributed by atoms with Gasteiger partial charge in [0.15, 0.2) is 5.78 Å². The first-order valence-corrected chi connectivity index (χ1v) is 9.59. The lowest BCUT2D eigenvalue weighted by molar-refractivity contribution is 0.0897. The normalized spacial score (nSPS) is 26.7. The van der Waals surface area contributed by atoms with Crippen LogP contribution in [0.5, 0.6) is 0 Å². The van der Waals surface area contributed by atoms with Crippen molar-refractivity contribution >= 4 is 17.5 Å². The molecule has 2 heteroatoms. The molecule has 118 valence electrons. The van der Waals surface area contributed by atoms with Crippen molar-refractivity contribution in [1.29, 1.82) is 0 Å². The van der Waals surface area contributed by atoms with Crippen molar-refractivity contribution in [2.75, 3.05) is 0 Å². The predicted molar refractivity (Wildman–Crippen MR) is 98.0 cm³/mol. The van der Waals surface area contributed by atoms with Crippen LogP contribution in [0, 0.1) is 5.92 Å². The predicted octanol–water partition coefficient (Wildman–Crippen LogP) is 5.60. The third-order valence-electron chi connectivity index (χ3n) is 5.18. The van der Waals surface area contributed by atoms with Crippen molar-refractivity contribution in [2.45, 2.75) is 42.6 Å². The molecular formula is C21H22OS. The number of benzene rings is 2. The summed E-state index contributed by atoms with van der Waals surface area (Å²) >= 11 is 2.14. The lowest BCUT2D eigenvalue weighted by atomic mass is 9.82. The van der Waals surface area contributed by atoms with Crippen molar-refractivity contribution in [3.05, 3.63) is 60.2 Å². The van der Waals surface area contributed by atoms with Crippen molar-refractivity contribution in [2.24, 2.45) is 5.92 Å². The summed E-state index contributed by atoms with van der Waals surface area (Å²) in [4.78, 5) is 13.2. The van der Waals surface area contributed by atoms with Crippen LogP contribution in [0.25, 0.3) is 11.1 Å². The van der Waals surface area contributed by atoms with E-state index in [1.807, 2.05) is 36.4 Å². The first kappa shape index (κ1) is 15.0. The fourth-order valence-corrected chi connectivity index (χ4v) is 5.90. The van der Waals surface area contributed by atoms with Gasteiger partial charge in [-0.3, -0.25) is 4.79 Å². The molecule has 23 heavy (non-hydrogen) atoms. The van der Waals surface area contributed by atoms with Crippen LogP contribution < -0.4 is 0 Å². The topological polar surface area (TPSA) is 17.1 Å². The average molecular weight is 322 g/mol. The monoisotopic (exact) mass is 322 g/mol. The number of hydrogen-bond acceptors (Lipinski definition) is 2. The van der Waals surface area contributed by atoms with Gasteiger partial charge >= 0.3 is 0 Å². The van der Waals surface area contributed by atoms with E-state index in [9.17, 15) is 4.79 Å². The van der Waals surface area contributed by atoms with Crippen molar-refractivity contribution in [3.8, 4) is 11.1 Å². The lowest BCUT2D eigenvalue weighted by Crippen LogP contribution is -2.33. The summed E-state index contributed by atoms with van der Waals surface area (Å²) in [6.07, 6.45) is 6.09. The van der Waals surface area contributed by atoms with Crippen LogP contribution in [0.4, 0.5) is 0 Å². The van der Waals surface area contributed by atoms with Gasteiger partial charge in [-0.05, 0) is 36.8 Å². The molecule has 2 aromatic rings. The highest BCUT2D eigenvalue weighted by atomic mass is 32.2. The molecule has 2 aromatic carbocycles. The van der Waals surface area contributed by atoms with Crippen molar-refractivity contribution in [1.82, 2.24) is 0 Å². The summed E-state index contributed by atoms with van der Waals surface area (Å²) in [6, 6.07) is 18.4. The van der Waals surface area contributed by atoms with Gasteiger partial charge in [0.1, 0.15) is 0 Å². The maximum Gasteiger partial charge on any atom is 0.166 e. The second-order valence-electron chi connectivity index (χ2n) is 6.76. The van der Waals surface area contributed by atoms with Gasteiger partial charge in [0.25, 0.3) is 0 Å². The number of thioether (sulfide) groups is 1. The lowest BCUT2D eigenvalue weighted by Gasteiger charge is -2.38. The molecule has 0 amide bonds. The molecule has 2 fully saturated rings. The highest BCUT2D eigenvalue weighted by molar-refractivity contribution is 8.00. The Hall–Kier alpha value is -1.54. The van der Waals surface area contributed by atoms with Gasteiger partial charge in [-0.1, -0.05) is 61.0 Å². The number of carbonyl (C=O) groups is 1. The van der Waals surface area contributed by atoms with Crippen LogP contribution >= 0.6 is 11.8 Å². The van der Waals surface area contributed by atoms with Crippen LogP contribution in [0.1, 0.15) is 42.5 Å². The number of carbonyl (C=O) groups excluding carboxylic acids is 1. The number of Topliss-reactive ketones (excluding diaryl/α,β-unsaturated/α-hetero) is 1. The van der Waals surface area contributed by atoms with Crippen LogP contribution in [-0.4, -0.2) is 16.3 Å². The largest absolute Gasteiger partial charge is 0.294 e. The second kappa shape index (κ2) is 6.52. The number of rotatable bonds is 3. The number of hydrogen-bond donors (Lipinski definition) is 0. The quantitative estimate of drug-likeness (QED) is 0.684. The van der Waals surface area contributed by atoms with Gasteiger partial charge in [0, 0.05) is 22.0 Å². The minimum absolute atomic E-state index is 0.219. The Kier molecular flexibility index (Phi) is 4.26. The van der Waals surface area contributed by atoms with E-state index in [4.69, 9.17) is 0 Å². The molecule has 0 N–H and O–H groups in total. The van der Waals surface area contributed by atoms with Gasteiger partial charge in [-0.15, -0.1) is 0 Å². The van der Waals surface area contributed by atoms with E-state index in [1.165, 1.54) is 19.3 Å². The maximum absolute atomic E-state index is 13.2. The molecule has 4 rings (SSSR count). The highest BCUT2D eigenvalue weighted by Crippen LogP contribution is 2.45. The molecule has 0 saturated carbocycles. The molecule has 1 nitrogen and oxygen atoms in total. The molecule has 2 aliphatic rings. The summed E-state index contributed by atoms with van der Waals surface area (Å²) in [5.74, 6) is 0.582. The first-order valence-electron chi connectivity index (χ1n) is 8.65. The first-order chi connectivity index (χ1) is 11.3. The molecule has 2 unspecified atom stereocenters. The number of ketones is 1. The minimum atomic E-state index is 0.219. The number of fused-ring (bicyclic) bond motifs is 2. The van der Waals surface area contributed by atoms with Gasteiger partial charge in [0.2, 0.25) is 0 Å². The summed E-state index contributed by atoms with van der Waals surface area (Å²) < 4.78 is 0. The van der Waals surface area contributed by atoms with Gasteiger partial charge < -0.3 is 0 Å². The van der Waals surface area contributed by atoms with E-state index in [0.717, 1.165) is 29.5 Å². The smallest absolute Gasteiger partial charge is 0.166 e. The summed E-state index contributed by atoms with van der Waals surface area (Å²) in [6.45, 7) is 0. The molecular weight excluding hydrogens is 300 g/mol. The molecule has 0 aliphatic carbocycles. The molecule has 0 aromatic heterocycles. The second-order valence-corrected chi connectivity index (χ2v) is 8.36. The maximum atomic E-state index is 13.2. The van der Waals surface area contributed by atoms with Crippen LogP contribution in [0.15, 0.2) is 54.6 Å². The van der Waals surface area contributed by atoms with Gasteiger partial charge in [-0.25, -0.2) is 0 Å². The van der Waals surface area contributed by atoms with E-state index >= 15 is 0 Å². The Morgan fingerprint density at radius 3 is 2.26 bits per heavy atom. The zero-order valence-electron chi connectivity index (χ0n) is 13.3. The van der Waals surface area contributed by atoms with Crippen LogP contribution in [-0.2, 0) is 0 Å². The molecule has 0 spiro atoms. The standard InChI is InChI=1S/C21H22OS/c22-21(16-13-17-9-6-10-18(14-16)23-17)20-12-5-4-11-19(20)15-7-2-1-3-8-15/h1-5,7-8,11-12,16-18H,6,9-10,13-14H2. The van der Waals surface area contributed by atoms with E-state index in [0.29, 0.717) is 16.3 Å². The summed E-state index contributed by atoms with van der Waals surface area (Å²) in [7, 11) is 0. The minimum Gasteiger partial charge on any atom is -0.294 e. The Bertz CT molecular complexity index is 682. The van der Waals surface area contributed by atoms with E-state index in [2.05, 4.69) is 30.0 Å². The SMILES string of the molecule is O=C(c1ccccc1-c1ccccc1)C1CC2CCCC(C1)S2. The fourth-order valence-electron chi connectivity index (χ4n) is 4.06. The summed E-state index contributed by atoms with van der Waals surface area (Å²) in [5.41, 5.74) is 3.14. The van der Waals surface area contributed by atoms with Crippen molar-refractivity contribution in [3.63, 3.8) is 0 Å². The molecule has 2 atom stereocenters. The molecule has 2 aliphatic heterocycles. The van der Waals surface area contributed by atoms with E-state index in [-0.39, 0.29) is 5.92 Å². The third kappa shape index (κ3) is 3.10. The Morgan fingerprint density at radius 2 is 1.52 bits per heavy atom. The Morgan fingerprint density at radius 1 is 0.870 bits per heavy atom. The van der Waals surface area contributed by atoms with Gasteiger partial charge in [-0.2, -0.15) is 11.8 Å². The zero-order valence-corrected chi connectivity index (χ0v) is 14.1. The molecule has 2 bridgehead atoms. The van der Waals surface area contributed by atoms with E-state index < -0.39 is 0 Å². The van der Waals surface area contributed by atoms with E-state index in [1.54, 1.807) is 0 Å². The van der Waals surface area contributed by atoms with Crippen molar-refractivity contribution < 1.29 is 4.79 Å². The summed E-state index contributed by atoms with van der Waals surface area (Å²) in [5, 5.41) is 1.42. The Balaban J connectivity index is 1.64.